The van der Waals surface area contributed by atoms with Crippen molar-refractivity contribution in [3.63, 3.8) is 0 Å². The quantitative estimate of drug-likeness (QED) is 0.649. The van der Waals surface area contributed by atoms with Crippen molar-refractivity contribution in [2.24, 2.45) is 0 Å². The molecule has 0 saturated heterocycles. The van der Waals surface area contributed by atoms with E-state index in [9.17, 15) is 9.59 Å². The Hall–Kier alpha value is -3.41. The van der Waals surface area contributed by atoms with Crippen LogP contribution in [0.15, 0.2) is 71.5 Å². The zero-order valence-corrected chi connectivity index (χ0v) is 15.8. The van der Waals surface area contributed by atoms with Gasteiger partial charge in [0.25, 0.3) is 5.56 Å². The number of carbonyl (C=O) groups excluding carboxylic acids is 1. The third-order valence-corrected chi connectivity index (χ3v) is 4.17. The number of rotatable bonds is 8. The number of hydrogen-bond donors (Lipinski definition) is 1. The highest BCUT2D eigenvalue weighted by molar-refractivity contribution is 5.92. The number of carbonyl (C=O) groups is 1. The largest absolute Gasteiger partial charge is 0.492 e. The van der Waals surface area contributed by atoms with Crippen molar-refractivity contribution in [1.29, 1.82) is 0 Å². The number of anilines is 1. The van der Waals surface area contributed by atoms with Crippen molar-refractivity contribution in [2.45, 2.75) is 26.3 Å². The lowest BCUT2D eigenvalue weighted by atomic mass is 10.1. The van der Waals surface area contributed by atoms with Crippen LogP contribution in [-0.4, -0.2) is 22.3 Å². The molecule has 0 aliphatic carbocycles. The van der Waals surface area contributed by atoms with Crippen molar-refractivity contribution in [3.05, 3.63) is 77.1 Å². The van der Waals surface area contributed by atoms with E-state index in [0.717, 1.165) is 11.3 Å². The van der Waals surface area contributed by atoms with E-state index in [2.05, 4.69) is 10.4 Å². The van der Waals surface area contributed by atoms with E-state index in [1.165, 1.54) is 10.7 Å². The van der Waals surface area contributed by atoms with Crippen molar-refractivity contribution in [3.8, 4) is 17.0 Å². The zero-order chi connectivity index (χ0) is 19.8. The van der Waals surface area contributed by atoms with Crippen molar-refractivity contribution in [1.82, 2.24) is 9.78 Å². The zero-order valence-electron chi connectivity index (χ0n) is 15.8. The van der Waals surface area contributed by atoms with E-state index in [-0.39, 0.29) is 17.9 Å². The molecule has 0 aliphatic rings. The first-order chi connectivity index (χ1) is 13.7. The van der Waals surface area contributed by atoms with Crippen LogP contribution >= 0.6 is 0 Å². The molecule has 1 heterocycles. The molecule has 1 amide bonds. The predicted octanol–water partition coefficient (Wildman–Crippen LogP) is 3.73. The summed E-state index contributed by atoms with van der Waals surface area (Å²) in [6.07, 6.45) is 0.790. The Labute approximate surface area is 163 Å². The molecule has 0 aliphatic heterocycles. The van der Waals surface area contributed by atoms with Crippen molar-refractivity contribution >= 4 is 11.6 Å². The number of para-hydroxylation sites is 2. The molecule has 1 aromatic heterocycles. The fourth-order valence-corrected chi connectivity index (χ4v) is 2.83. The number of nitrogens with zero attached hydrogens (tertiary/aromatic N) is 2. The van der Waals surface area contributed by atoms with Gasteiger partial charge in [0.2, 0.25) is 5.91 Å². The van der Waals surface area contributed by atoms with E-state index in [1.54, 1.807) is 12.1 Å². The molecular weight excluding hydrogens is 354 g/mol. The Morgan fingerprint density at radius 1 is 1.04 bits per heavy atom. The summed E-state index contributed by atoms with van der Waals surface area (Å²) in [4.78, 5) is 24.3. The lowest BCUT2D eigenvalue weighted by molar-refractivity contribution is -0.116. The van der Waals surface area contributed by atoms with Gasteiger partial charge in [-0.1, -0.05) is 42.5 Å². The van der Waals surface area contributed by atoms with Gasteiger partial charge in [0.05, 0.1) is 18.0 Å². The summed E-state index contributed by atoms with van der Waals surface area (Å²) >= 11 is 0. The molecule has 144 valence electrons. The van der Waals surface area contributed by atoms with E-state index in [4.69, 9.17) is 4.74 Å². The van der Waals surface area contributed by atoms with Gasteiger partial charge in [-0.2, -0.15) is 5.10 Å². The Morgan fingerprint density at radius 2 is 1.79 bits per heavy atom. The van der Waals surface area contributed by atoms with Gasteiger partial charge < -0.3 is 10.1 Å². The molecule has 6 nitrogen and oxygen atoms in total. The number of ether oxygens (including phenoxy) is 1. The number of hydrogen-bond acceptors (Lipinski definition) is 4. The molecule has 28 heavy (non-hydrogen) atoms. The lowest BCUT2D eigenvalue weighted by Crippen LogP contribution is -2.23. The number of amides is 1. The molecule has 6 heteroatoms. The Kier molecular flexibility index (Phi) is 6.57. The van der Waals surface area contributed by atoms with Crippen LogP contribution in [0.1, 0.15) is 19.8 Å². The van der Waals surface area contributed by atoms with Gasteiger partial charge in [0, 0.05) is 24.6 Å². The first-order valence-corrected chi connectivity index (χ1v) is 9.32. The van der Waals surface area contributed by atoms with Gasteiger partial charge in [-0.05, 0) is 31.5 Å². The topological polar surface area (TPSA) is 73.2 Å². The number of benzene rings is 2. The second-order valence-electron chi connectivity index (χ2n) is 6.23. The lowest BCUT2D eigenvalue weighted by Gasteiger charge is -2.11. The van der Waals surface area contributed by atoms with E-state index >= 15 is 0 Å². The highest BCUT2D eigenvalue weighted by Crippen LogP contribution is 2.23. The van der Waals surface area contributed by atoms with Gasteiger partial charge in [-0.15, -0.1) is 0 Å². The van der Waals surface area contributed by atoms with Gasteiger partial charge >= 0.3 is 0 Å². The van der Waals surface area contributed by atoms with E-state index < -0.39 is 0 Å². The average molecular weight is 377 g/mol. The van der Waals surface area contributed by atoms with E-state index in [1.807, 2.05) is 55.5 Å². The first kappa shape index (κ1) is 19.4. The fraction of sp³-hybridized carbons (Fsp3) is 0.227. The van der Waals surface area contributed by atoms with Crippen LogP contribution in [0.4, 0.5) is 5.69 Å². The smallest absolute Gasteiger partial charge is 0.266 e. The standard InChI is InChI=1S/C22H23N3O3/c1-2-28-20-12-7-6-11-19(20)23-21(26)13-8-16-25-22(27)15-14-18(24-25)17-9-4-3-5-10-17/h3-7,9-12,14-15H,2,8,13,16H2,1H3,(H,23,26). The maximum Gasteiger partial charge on any atom is 0.266 e. The number of aromatic nitrogens is 2. The van der Waals surface area contributed by atoms with Gasteiger partial charge in [-0.25, -0.2) is 4.68 Å². The summed E-state index contributed by atoms with van der Waals surface area (Å²) in [5, 5.41) is 7.28. The summed E-state index contributed by atoms with van der Waals surface area (Å²) in [7, 11) is 0. The molecule has 0 spiro atoms. The number of nitrogens with one attached hydrogen (secondary N) is 1. The highest BCUT2D eigenvalue weighted by atomic mass is 16.5. The highest BCUT2D eigenvalue weighted by Gasteiger charge is 2.08. The minimum absolute atomic E-state index is 0.126. The molecule has 2 aromatic carbocycles. The molecule has 1 N–H and O–H groups in total. The van der Waals surface area contributed by atoms with Crippen LogP contribution in [0.2, 0.25) is 0 Å². The molecule has 3 rings (SSSR count). The van der Waals surface area contributed by atoms with Crippen LogP contribution in [0.5, 0.6) is 5.75 Å². The monoisotopic (exact) mass is 377 g/mol. The maximum absolute atomic E-state index is 12.3. The Morgan fingerprint density at radius 3 is 2.57 bits per heavy atom. The third-order valence-electron chi connectivity index (χ3n) is 4.17. The summed E-state index contributed by atoms with van der Waals surface area (Å²) in [5.74, 6) is 0.520. The molecule has 0 unspecified atom stereocenters. The van der Waals surface area contributed by atoms with Gasteiger partial charge in [0.1, 0.15) is 5.75 Å². The molecule has 0 bridgehead atoms. The molecule has 3 aromatic rings. The minimum Gasteiger partial charge on any atom is -0.492 e. The second-order valence-corrected chi connectivity index (χ2v) is 6.23. The summed E-state index contributed by atoms with van der Waals surface area (Å²) < 4.78 is 6.92. The molecule has 0 fully saturated rings. The maximum atomic E-state index is 12.3. The summed E-state index contributed by atoms with van der Waals surface area (Å²) in [6.45, 7) is 2.80. The van der Waals surface area contributed by atoms with Crippen LogP contribution < -0.4 is 15.6 Å². The second kappa shape index (κ2) is 9.50. The fourth-order valence-electron chi connectivity index (χ4n) is 2.83. The molecule has 0 atom stereocenters. The van der Waals surface area contributed by atoms with E-state index in [0.29, 0.717) is 31.0 Å². The van der Waals surface area contributed by atoms with Crippen molar-refractivity contribution in [2.75, 3.05) is 11.9 Å². The van der Waals surface area contributed by atoms with Crippen LogP contribution in [0, 0.1) is 0 Å². The van der Waals surface area contributed by atoms with Crippen LogP contribution in [-0.2, 0) is 11.3 Å². The van der Waals surface area contributed by atoms with Crippen molar-refractivity contribution < 1.29 is 9.53 Å². The molecular formula is C22H23N3O3. The Balaban J connectivity index is 1.59. The third kappa shape index (κ3) is 5.07. The molecule has 0 saturated carbocycles. The minimum atomic E-state index is -0.179. The van der Waals surface area contributed by atoms with Crippen LogP contribution in [0.25, 0.3) is 11.3 Å². The SMILES string of the molecule is CCOc1ccccc1NC(=O)CCCn1nc(-c2ccccc2)ccc1=O. The predicted molar refractivity (Wildman–Crippen MR) is 109 cm³/mol. The number of aryl methyl sites for hydroxylation is 1. The average Bonchev–Trinajstić information content (AvgIpc) is 2.72. The van der Waals surface area contributed by atoms with Gasteiger partial charge in [0.15, 0.2) is 0 Å². The van der Waals surface area contributed by atoms with Crippen LogP contribution in [0.3, 0.4) is 0 Å². The normalized spacial score (nSPS) is 10.5. The first-order valence-electron chi connectivity index (χ1n) is 9.32. The van der Waals surface area contributed by atoms with Gasteiger partial charge in [-0.3, -0.25) is 9.59 Å². The Bertz CT molecular complexity index is 984. The summed E-state index contributed by atoms with van der Waals surface area (Å²) in [6, 6.07) is 20.2. The summed E-state index contributed by atoms with van der Waals surface area (Å²) in [5.41, 5.74) is 2.15. The molecule has 0 radical (unpaired) electrons.